The number of carbonyl (C=O) groups is 1. The van der Waals surface area contributed by atoms with E-state index < -0.39 is 11.6 Å². The van der Waals surface area contributed by atoms with Crippen LogP contribution in [0.4, 0.5) is 4.39 Å². The Morgan fingerprint density at radius 1 is 1.15 bits per heavy atom. The lowest BCUT2D eigenvalue weighted by atomic mass is 9.81. The highest BCUT2D eigenvalue weighted by Gasteiger charge is 2.46. The molecule has 4 aliphatic rings. The quantitative estimate of drug-likeness (QED) is 0.374. The van der Waals surface area contributed by atoms with Gasteiger partial charge < -0.3 is 19.5 Å². The summed E-state index contributed by atoms with van der Waals surface area (Å²) in [6.07, 6.45) is 1.66. The lowest BCUT2D eigenvalue weighted by molar-refractivity contribution is -0.172. The van der Waals surface area contributed by atoms with Crippen molar-refractivity contribution < 1.29 is 24.1 Å². The van der Waals surface area contributed by atoms with E-state index in [1.165, 1.54) is 6.07 Å². The molecule has 2 N–H and O–H groups in total. The molecule has 0 bridgehead atoms. The lowest BCUT2D eigenvalue weighted by Crippen LogP contribution is -2.48. The number of aryl methyl sites for hydroxylation is 1. The maximum atomic E-state index is 15.1. The lowest BCUT2D eigenvalue weighted by Gasteiger charge is -2.42. The third-order valence-corrected chi connectivity index (χ3v) is 9.61. The Balaban J connectivity index is 1.44. The average Bonchev–Trinajstić information content (AvgIpc) is 3.33. The van der Waals surface area contributed by atoms with Crippen LogP contribution in [0.3, 0.4) is 0 Å². The van der Waals surface area contributed by atoms with Gasteiger partial charge >= 0.3 is 5.97 Å². The van der Waals surface area contributed by atoms with E-state index >= 15 is 4.39 Å². The molecule has 0 saturated carbocycles. The predicted molar refractivity (Wildman–Crippen MR) is 145 cm³/mol. The molecule has 210 valence electrons. The van der Waals surface area contributed by atoms with Crippen LogP contribution in [-0.4, -0.2) is 74.9 Å². The second kappa shape index (κ2) is 9.17. The molecular formula is C30H33FN4O5. The standard InChI is InChI=1S/C30H33FN4O5/c1-3-30(39)20-12-24-27-18(14-35(24)28(37)19(20)15-40-29(30)38)26-23(34-8-6-33(7-9-34)10-11-36)5-4-17-16(2)21(31)13-22(32-27)25(17)26/h12-13,23,36,39H,3-11,14-15H2,1-2H3/t23-,30-/m0/s1. The van der Waals surface area contributed by atoms with E-state index in [1.54, 1.807) is 17.6 Å². The maximum Gasteiger partial charge on any atom is 0.343 e. The molecule has 40 heavy (non-hydrogen) atoms. The fourth-order valence-corrected chi connectivity index (χ4v) is 7.34. The number of hydrogen-bond donors (Lipinski definition) is 2. The number of aliphatic hydroxyl groups excluding tert-OH is 1. The maximum absolute atomic E-state index is 15.1. The van der Waals surface area contributed by atoms with Crippen LogP contribution < -0.4 is 5.56 Å². The summed E-state index contributed by atoms with van der Waals surface area (Å²) in [4.78, 5) is 36.0. The van der Waals surface area contributed by atoms with Gasteiger partial charge in [0.05, 0.1) is 35.6 Å². The van der Waals surface area contributed by atoms with Crippen molar-refractivity contribution in [2.24, 2.45) is 0 Å². The van der Waals surface area contributed by atoms with Gasteiger partial charge in [-0.3, -0.25) is 14.6 Å². The number of rotatable bonds is 4. The number of aliphatic hydroxyl groups is 2. The molecule has 2 aromatic heterocycles. The third-order valence-electron chi connectivity index (χ3n) is 9.61. The summed E-state index contributed by atoms with van der Waals surface area (Å²) in [5.41, 5.74) is 3.78. The van der Waals surface area contributed by atoms with Gasteiger partial charge in [0.25, 0.3) is 5.56 Å². The SMILES string of the molecule is CC[C@@]1(O)C(=O)OCc2c1cc1n(c2=O)Cc2c-1nc1cc(F)c(C)c3c1c2[C@@H](N1CCN(CCO)CC1)CC3. The van der Waals surface area contributed by atoms with Crippen molar-refractivity contribution in [2.45, 2.75) is 57.9 Å². The number of cyclic esters (lactones) is 1. The first-order chi connectivity index (χ1) is 19.3. The molecule has 1 aliphatic carbocycles. The van der Waals surface area contributed by atoms with E-state index in [9.17, 15) is 19.8 Å². The number of esters is 1. The molecule has 0 unspecified atom stereocenters. The van der Waals surface area contributed by atoms with Gasteiger partial charge in [-0.25, -0.2) is 14.2 Å². The zero-order chi connectivity index (χ0) is 27.9. The molecular weight excluding hydrogens is 515 g/mol. The minimum absolute atomic E-state index is 0.0726. The summed E-state index contributed by atoms with van der Waals surface area (Å²) in [7, 11) is 0. The molecule has 0 spiro atoms. The van der Waals surface area contributed by atoms with Crippen molar-refractivity contribution in [3.05, 3.63) is 61.7 Å². The van der Waals surface area contributed by atoms with Gasteiger partial charge in [-0.15, -0.1) is 0 Å². The molecule has 1 fully saturated rings. The van der Waals surface area contributed by atoms with Crippen molar-refractivity contribution in [1.82, 2.24) is 19.4 Å². The molecule has 9 nitrogen and oxygen atoms in total. The van der Waals surface area contributed by atoms with Crippen LogP contribution in [0, 0.1) is 12.7 Å². The molecule has 10 heteroatoms. The van der Waals surface area contributed by atoms with Crippen molar-refractivity contribution in [3.63, 3.8) is 0 Å². The Hall–Kier alpha value is -3.18. The van der Waals surface area contributed by atoms with Crippen LogP contribution in [0.15, 0.2) is 16.9 Å². The molecule has 0 amide bonds. The van der Waals surface area contributed by atoms with Crippen molar-refractivity contribution >= 4 is 16.9 Å². The van der Waals surface area contributed by atoms with Crippen molar-refractivity contribution in [2.75, 3.05) is 39.3 Å². The summed E-state index contributed by atoms with van der Waals surface area (Å²) in [5.74, 6) is -1.05. The number of fused-ring (bicyclic) bond motifs is 5. The molecule has 7 rings (SSSR count). The molecule has 3 aromatic rings. The van der Waals surface area contributed by atoms with Gasteiger partial charge in [-0.1, -0.05) is 6.92 Å². The van der Waals surface area contributed by atoms with Crippen LogP contribution >= 0.6 is 0 Å². The number of carbonyl (C=O) groups excluding carboxylic acids is 1. The molecule has 3 aliphatic heterocycles. The van der Waals surface area contributed by atoms with Crippen LogP contribution in [0.25, 0.3) is 22.3 Å². The number of β-amino-alcohol motifs (C(OH)–C–C–N with tert-alkyl or cyclic N) is 1. The van der Waals surface area contributed by atoms with Gasteiger partial charge in [-0.05, 0) is 48.9 Å². The van der Waals surface area contributed by atoms with Crippen molar-refractivity contribution in [1.29, 1.82) is 0 Å². The van der Waals surface area contributed by atoms with E-state index in [4.69, 9.17) is 9.72 Å². The van der Waals surface area contributed by atoms with E-state index in [1.807, 2.05) is 6.92 Å². The average molecular weight is 549 g/mol. The molecule has 2 atom stereocenters. The Morgan fingerprint density at radius 2 is 1.93 bits per heavy atom. The Labute approximate surface area is 230 Å². The minimum Gasteiger partial charge on any atom is -0.458 e. The number of halogens is 1. The monoisotopic (exact) mass is 548 g/mol. The highest BCUT2D eigenvalue weighted by atomic mass is 19.1. The minimum atomic E-state index is -1.90. The number of piperazine rings is 1. The van der Waals surface area contributed by atoms with Crippen LogP contribution in [0.5, 0.6) is 0 Å². The first-order valence-corrected chi connectivity index (χ1v) is 14.2. The van der Waals surface area contributed by atoms with E-state index in [2.05, 4.69) is 9.80 Å². The summed E-state index contributed by atoms with van der Waals surface area (Å²) >= 11 is 0. The number of pyridine rings is 2. The van der Waals surface area contributed by atoms with Gasteiger partial charge in [0.15, 0.2) is 5.60 Å². The van der Waals surface area contributed by atoms with Crippen LogP contribution in [0.1, 0.15) is 59.2 Å². The Bertz CT molecular complexity index is 1640. The molecule has 0 radical (unpaired) electrons. The second-order valence-corrected chi connectivity index (χ2v) is 11.5. The van der Waals surface area contributed by atoms with E-state index in [0.717, 1.165) is 61.1 Å². The van der Waals surface area contributed by atoms with Crippen LogP contribution in [-0.2, 0) is 34.7 Å². The summed E-state index contributed by atoms with van der Waals surface area (Å²) in [5, 5.41) is 21.6. The first-order valence-electron chi connectivity index (χ1n) is 14.2. The van der Waals surface area contributed by atoms with Gasteiger partial charge in [0.1, 0.15) is 12.4 Å². The van der Waals surface area contributed by atoms with Gasteiger partial charge in [-0.2, -0.15) is 0 Å². The highest BCUT2D eigenvalue weighted by molar-refractivity contribution is 5.93. The van der Waals surface area contributed by atoms with Gasteiger partial charge in [0, 0.05) is 61.3 Å². The van der Waals surface area contributed by atoms with Crippen molar-refractivity contribution in [3.8, 4) is 11.4 Å². The van der Waals surface area contributed by atoms with Gasteiger partial charge in [0.2, 0.25) is 0 Å². The molecule has 1 aromatic carbocycles. The van der Waals surface area contributed by atoms with E-state index in [0.29, 0.717) is 35.6 Å². The second-order valence-electron chi connectivity index (χ2n) is 11.5. The van der Waals surface area contributed by atoms with Crippen LogP contribution in [0.2, 0.25) is 0 Å². The third kappa shape index (κ3) is 3.49. The summed E-state index contributed by atoms with van der Waals surface area (Å²) < 4.78 is 22.0. The Kier molecular flexibility index (Phi) is 5.91. The largest absolute Gasteiger partial charge is 0.458 e. The fraction of sp³-hybridized carbons (Fsp3) is 0.500. The first kappa shape index (κ1) is 25.8. The Morgan fingerprint density at radius 3 is 2.65 bits per heavy atom. The molecule has 1 saturated heterocycles. The smallest absolute Gasteiger partial charge is 0.343 e. The summed E-state index contributed by atoms with van der Waals surface area (Å²) in [6, 6.07) is 3.30. The number of nitrogens with zero attached hydrogens (tertiary/aromatic N) is 4. The molecule has 5 heterocycles. The normalized spacial score (nSPS) is 24.1. The number of ether oxygens (including phenoxy) is 1. The number of aromatic nitrogens is 2. The number of benzene rings is 1. The highest BCUT2D eigenvalue weighted by Crippen LogP contribution is 2.47. The zero-order valence-electron chi connectivity index (χ0n) is 22.8. The number of hydrogen-bond acceptors (Lipinski definition) is 8. The topological polar surface area (TPSA) is 108 Å². The predicted octanol–water partition coefficient (Wildman–Crippen LogP) is 2.12. The fourth-order valence-electron chi connectivity index (χ4n) is 7.34. The zero-order valence-corrected chi connectivity index (χ0v) is 22.8. The summed E-state index contributed by atoms with van der Waals surface area (Å²) in [6.45, 7) is 7.87. The van der Waals surface area contributed by atoms with E-state index in [-0.39, 0.29) is 48.2 Å².